The number of piperidine rings is 1. The SMILES string of the molecule is CC(C)c1cccc(C(C)C)c1NC1CCCC2CCC(c3c(O)cc(C(C)(C)C)cc3C(C)(C)C)NC21. The van der Waals surface area contributed by atoms with Crippen molar-refractivity contribution in [2.45, 2.75) is 142 Å². The van der Waals surface area contributed by atoms with E-state index in [-0.39, 0.29) is 16.9 Å². The van der Waals surface area contributed by atoms with E-state index in [0.29, 0.717) is 35.6 Å². The lowest BCUT2D eigenvalue weighted by Crippen LogP contribution is -2.55. The van der Waals surface area contributed by atoms with Crippen LogP contribution < -0.4 is 10.6 Å². The molecule has 1 heterocycles. The van der Waals surface area contributed by atoms with Crippen molar-refractivity contribution in [1.29, 1.82) is 0 Å². The van der Waals surface area contributed by atoms with Crippen molar-refractivity contribution in [3.63, 3.8) is 0 Å². The Morgan fingerprint density at radius 1 is 0.842 bits per heavy atom. The minimum Gasteiger partial charge on any atom is -0.508 e. The molecule has 0 amide bonds. The van der Waals surface area contributed by atoms with Gasteiger partial charge in [-0.3, -0.25) is 0 Å². The number of nitrogens with one attached hydrogen (secondary N) is 2. The van der Waals surface area contributed by atoms with Crippen molar-refractivity contribution in [1.82, 2.24) is 5.32 Å². The second-order valence-corrected chi connectivity index (χ2v) is 14.8. The van der Waals surface area contributed by atoms with Crippen LogP contribution in [0.3, 0.4) is 0 Å². The molecule has 1 aliphatic carbocycles. The molecular weight excluding hydrogens is 464 g/mol. The quantitative estimate of drug-likeness (QED) is 0.369. The van der Waals surface area contributed by atoms with Gasteiger partial charge in [0.1, 0.15) is 5.75 Å². The average molecular weight is 519 g/mol. The van der Waals surface area contributed by atoms with Gasteiger partial charge in [-0.25, -0.2) is 0 Å². The third kappa shape index (κ3) is 5.93. The lowest BCUT2D eigenvalue weighted by atomic mass is 9.71. The minimum atomic E-state index is -0.0425. The van der Waals surface area contributed by atoms with Crippen LogP contribution in [0.25, 0.3) is 0 Å². The zero-order valence-corrected chi connectivity index (χ0v) is 25.8. The van der Waals surface area contributed by atoms with Crippen LogP contribution in [0.2, 0.25) is 0 Å². The summed E-state index contributed by atoms with van der Waals surface area (Å²) in [5.74, 6) is 2.11. The highest BCUT2D eigenvalue weighted by Gasteiger charge is 2.40. The van der Waals surface area contributed by atoms with Gasteiger partial charge in [0.15, 0.2) is 0 Å². The molecule has 1 saturated heterocycles. The first-order valence-corrected chi connectivity index (χ1v) is 15.2. The summed E-state index contributed by atoms with van der Waals surface area (Å²) in [6.45, 7) is 22.8. The fourth-order valence-electron chi connectivity index (χ4n) is 6.91. The van der Waals surface area contributed by atoms with Crippen LogP contribution in [0.1, 0.15) is 147 Å². The second kappa shape index (κ2) is 10.9. The van der Waals surface area contributed by atoms with Crippen molar-refractivity contribution < 1.29 is 5.11 Å². The van der Waals surface area contributed by atoms with E-state index < -0.39 is 0 Å². The van der Waals surface area contributed by atoms with Gasteiger partial charge in [-0.15, -0.1) is 0 Å². The molecule has 3 N–H and O–H groups in total. The summed E-state index contributed by atoms with van der Waals surface area (Å²) < 4.78 is 0. The smallest absolute Gasteiger partial charge is 0.120 e. The first-order chi connectivity index (χ1) is 17.7. The zero-order valence-electron chi connectivity index (χ0n) is 25.8. The highest BCUT2D eigenvalue weighted by atomic mass is 16.3. The van der Waals surface area contributed by atoms with E-state index in [1.165, 1.54) is 53.6 Å². The molecule has 4 unspecified atom stereocenters. The van der Waals surface area contributed by atoms with Gasteiger partial charge in [0.05, 0.1) is 0 Å². The lowest BCUT2D eigenvalue weighted by molar-refractivity contribution is 0.162. The Hall–Kier alpha value is -2.00. The molecule has 0 spiro atoms. The molecule has 38 heavy (non-hydrogen) atoms. The van der Waals surface area contributed by atoms with Crippen molar-refractivity contribution in [2.24, 2.45) is 5.92 Å². The molecule has 2 aromatic carbocycles. The Morgan fingerprint density at radius 2 is 1.47 bits per heavy atom. The van der Waals surface area contributed by atoms with Gasteiger partial charge in [-0.05, 0) is 82.6 Å². The Bertz CT molecular complexity index is 1090. The molecule has 3 nitrogen and oxygen atoms in total. The Labute approximate surface area is 233 Å². The molecule has 4 atom stereocenters. The number of rotatable bonds is 5. The number of phenols is 1. The number of hydrogen-bond acceptors (Lipinski definition) is 3. The van der Waals surface area contributed by atoms with Crippen molar-refractivity contribution in [3.8, 4) is 5.75 Å². The third-order valence-corrected chi connectivity index (χ3v) is 9.13. The standard InChI is InChI=1S/C35H54N2O/c1-21(2)25-14-12-15-26(22(3)4)33(25)37-29-16-11-13-23-17-18-28(36-32(23)29)31-27(35(8,9)10)19-24(20-30(31)38)34(5,6)7/h12,14-15,19-23,28-29,32,36-38H,11,13,16-18H2,1-10H3. The van der Waals surface area contributed by atoms with Crippen LogP contribution >= 0.6 is 0 Å². The van der Waals surface area contributed by atoms with E-state index in [4.69, 9.17) is 0 Å². The molecule has 4 rings (SSSR count). The van der Waals surface area contributed by atoms with Crippen LogP contribution in [0.5, 0.6) is 5.75 Å². The highest BCUT2D eigenvalue weighted by molar-refractivity contribution is 5.61. The fraction of sp³-hybridized carbons (Fsp3) is 0.657. The summed E-state index contributed by atoms with van der Waals surface area (Å²) in [6.07, 6.45) is 6.07. The topological polar surface area (TPSA) is 44.3 Å². The molecule has 2 aromatic rings. The summed E-state index contributed by atoms with van der Waals surface area (Å²) in [5.41, 5.74) is 7.79. The first-order valence-electron chi connectivity index (χ1n) is 15.2. The van der Waals surface area contributed by atoms with E-state index in [1.54, 1.807) is 0 Å². The number of phenolic OH excluding ortho intramolecular Hbond substituents is 1. The molecule has 2 aliphatic rings. The van der Waals surface area contributed by atoms with Gasteiger partial charge < -0.3 is 15.7 Å². The molecule has 1 saturated carbocycles. The molecule has 0 aromatic heterocycles. The van der Waals surface area contributed by atoms with Gasteiger partial charge in [-0.1, -0.05) is 99.9 Å². The van der Waals surface area contributed by atoms with E-state index in [0.717, 1.165) is 12.0 Å². The largest absolute Gasteiger partial charge is 0.508 e. The maximum absolute atomic E-state index is 11.5. The molecule has 2 fully saturated rings. The Morgan fingerprint density at radius 3 is 2.03 bits per heavy atom. The summed E-state index contributed by atoms with van der Waals surface area (Å²) in [4.78, 5) is 0. The fourth-order valence-corrected chi connectivity index (χ4v) is 6.91. The van der Waals surface area contributed by atoms with Gasteiger partial charge in [0, 0.05) is 29.4 Å². The number of aromatic hydroxyl groups is 1. The van der Waals surface area contributed by atoms with Crippen molar-refractivity contribution >= 4 is 5.69 Å². The summed E-state index contributed by atoms with van der Waals surface area (Å²) >= 11 is 0. The Balaban J connectivity index is 1.70. The molecule has 3 heteroatoms. The molecule has 1 aliphatic heterocycles. The van der Waals surface area contributed by atoms with Gasteiger partial charge >= 0.3 is 0 Å². The summed E-state index contributed by atoms with van der Waals surface area (Å²) in [6, 6.07) is 12.2. The maximum atomic E-state index is 11.5. The number of fused-ring (bicyclic) bond motifs is 1. The first kappa shape index (κ1) is 29.0. The van der Waals surface area contributed by atoms with E-state index in [1.807, 2.05) is 6.07 Å². The Kier molecular flexibility index (Phi) is 8.30. The predicted molar refractivity (Wildman–Crippen MR) is 164 cm³/mol. The van der Waals surface area contributed by atoms with E-state index in [9.17, 15) is 5.11 Å². The third-order valence-electron chi connectivity index (χ3n) is 9.13. The predicted octanol–water partition coefficient (Wildman–Crippen LogP) is 9.31. The van der Waals surface area contributed by atoms with E-state index in [2.05, 4.69) is 104 Å². The average Bonchev–Trinajstić information content (AvgIpc) is 2.82. The number of anilines is 1. The number of hydrogen-bond donors (Lipinski definition) is 3. The number of benzene rings is 2. The molecule has 0 bridgehead atoms. The van der Waals surface area contributed by atoms with Gasteiger partial charge in [-0.2, -0.15) is 0 Å². The van der Waals surface area contributed by atoms with Crippen LogP contribution in [0.4, 0.5) is 5.69 Å². The monoisotopic (exact) mass is 518 g/mol. The zero-order chi connectivity index (χ0) is 28.0. The van der Waals surface area contributed by atoms with Gasteiger partial charge in [0.25, 0.3) is 0 Å². The van der Waals surface area contributed by atoms with E-state index >= 15 is 0 Å². The maximum Gasteiger partial charge on any atom is 0.120 e. The lowest BCUT2D eigenvalue weighted by Gasteiger charge is -2.47. The molecule has 210 valence electrons. The molecular formula is C35H54N2O. The normalized spacial score (nSPS) is 24.5. The van der Waals surface area contributed by atoms with Crippen molar-refractivity contribution in [3.05, 3.63) is 58.1 Å². The van der Waals surface area contributed by atoms with Crippen LogP contribution in [0, 0.1) is 5.92 Å². The highest BCUT2D eigenvalue weighted by Crippen LogP contribution is 2.45. The minimum absolute atomic E-state index is 0.00257. The summed E-state index contributed by atoms with van der Waals surface area (Å²) in [7, 11) is 0. The van der Waals surface area contributed by atoms with Crippen LogP contribution in [0.15, 0.2) is 30.3 Å². The van der Waals surface area contributed by atoms with Gasteiger partial charge in [0.2, 0.25) is 0 Å². The van der Waals surface area contributed by atoms with Crippen LogP contribution in [-0.4, -0.2) is 17.2 Å². The summed E-state index contributed by atoms with van der Waals surface area (Å²) in [5, 5.41) is 19.7. The van der Waals surface area contributed by atoms with Crippen LogP contribution in [-0.2, 0) is 10.8 Å². The molecule has 0 radical (unpaired) electrons. The second-order valence-electron chi connectivity index (χ2n) is 14.8. The van der Waals surface area contributed by atoms with Crippen molar-refractivity contribution in [2.75, 3.05) is 5.32 Å². The number of para-hydroxylation sites is 1.